The van der Waals surface area contributed by atoms with Crippen molar-refractivity contribution in [1.82, 2.24) is 0 Å². The van der Waals surface area contributed by atoms with E-state index in [1.54, 1.807) is 0 Å². The molecule has 3 saturated carbocycles. The van der Waals surface area contributed by atoms with Crippen LogP contribution in [-0.2, 0) is 4.74 Å². The highest BCUT2D eigenvalue weighted by Gasteiger charge is 2.63. The average molecular weight is 163 g/mol. The second-order valence-electron chi connectivity index (χ2n) is 4.74. The number of hydrogen-bond donors (Lipinski definition) is 0. The summed E-state index contributed by atoms with van der Waals surface area (Å²) in [6.45, 7) is 2.11. The zero-order chi connectivity index (χ0) is 8.34. The van der Waals surface area contributed by atoms with Gasteiger partial charge in [0.1, 0.15) is 0 Å². The number of epoxide rings is 1. The molecule has 0 aromatic rings. The van der Waals surface area contributed by atoms with Crippen LogP contribution in [0.2, 0.25) is 0 Å². The Morgan fingerprint density at radius 2 is 2.25 bits per heavy atom. The van der Waals surface area contributed by atoms with Gasteiger partial charge in [0.05, 0.1) is 23.7 Å². The van der Waals surface area contributed by atoms with Gasteiger partial charge in [-0.05, 0) is 32.1 Å². The summed E-state index contributed by atoms with van der Waals surface area (Å²) in [7, 11) is 0. The molecule has 0 aromatic carbocycles. The lowest BCUT2D eigenvalue weighted by Gasteiger charge is -2.43. The number of rotatable bonds is 0. The van der Waals surface area contributed by atoms with E-state index in [1.165, 1.54) is 12.8 Å². The van der Waals surface area contributed by atoms with Crippen LogP contribution >= 0.6 is 0 Å². The van der Waals surface area contributed by atoms with Crippen LogP contribution in [0.25, 0.3) is 0 Å². The summed E-state index contributed by atoms with van der Waals surface area (Å²) in [6.07, 6.45) is 4.60. The quantitative estimate of drug-likeness (QED) is 0.510. The van der Waals surface area contributed by atoms with Crippen LogP contribution in [0.4, 0.5) is 0 Å². The van der Waals surface area contributed by atoms with Gasteiger partial charge in [0.25, 0.3) is 0 Å². The van der Waals surface area contributed by atoms with Crippen LogP contribution in [0.15, 0.2) is 0 Å². The fraction of sp³-hybridized carbons (Fsp3) is 0.900. The molecule has 0 radical (unpaired) electrons. The monoisotopic (exact) mass is 163 g/mol. The summed E-state index contributed by atoms with van der Waals surface area (Å²) < 4.78 is 5.61. The van der Waals surface area contributed by atoms with Crippen LogP contribution < -0.4 is 0 Å². The average Bonchev–Trinajstić information content (AvgIpc) is 2.85. The SMILES string of the molecule is CC1(C#N)CC2CCC1C1OC21. The number of nitriles is 1. The van der Waals surface area contributed by atoms with Gasteiger partial charge in [-0.25, -0.2) is 0 Å². The lowest BCUT2D eigenvalue weighted by atomic mass is 9.57. The zero-order valence-electron chi connectivity index (χ0n) is 7.29. The highest BCUT2D eigenvalue weighted by Crippen LogP contribution is 2.60. The molecule has 4 rings (SSSR count). The summed E-state index contributed by atoms with van der Waals surface area (Å²) in [4.78, 5) is 0. The summed E-state index contributed by atoms with van der Waals surface area (Å²) in [5.74, 6) is 1.24. The van der Waals surface area contributed by atoms with Gasteiger partial charge in [-0.1, -0.05) is 0 Å². The molecule has 0 aromatic heterocycles. The highest BCUT2D eigenvalue weighted by molar-refractivity contribution is 5.17. The molecule has 3 aliphatic carbocycles. The van der Waals surface area contributed by atoms with Gasteiger partial charge in [0, 0.05) is 5.92 Å². The van der Waals surface area contributed by atoms with E-state index in [0.29, 0.717) is 24.0 Å². The molecular weight excluding hydrogens is 150 g/mol. The molecule has 0 amide bonds. The fourth-order valence-corrected chi connectivity index (χ4v) is 3.29. The molecule has 5 unspecified atom stereocenters. The van der Waals surface area contributed by atoms with E-state index in [2.05, 4.69) is 13.0 Å². The first-order valence-electron chi connectivity index (χ1n) is 4.81. The molecule has 2 bridgehead atoms. The van der Waals surface area contributed by atoms with Crippen LogP contribution in [0.3, 0.4) is 0 Å². The standard InChI is InChI=1S/C10H13NO/c1-10(5-11)4-6-2-3-7(10)9-8(6)12-9/h6-9H,2-4H2,1H3. The van der Waals surface area contributed by atoms with E-state index in [0.717, 1.165) is 6.42 Å². The van der Waals surface area contributed by atoms with Crippen LogP contribution in [0, 0.1) is 28.6 Å². The number of hydrogen-bond acceptors (Lipinski definition) is 2. The molecule has 1 aliphatic heterocycles. The van der Waals surface area contributed by atoms with Gasteiger partial charge < -0.3 is 4.74 Å². The summed E-state index contributed by atoms with van der Waals surface area (Å²) in [6, 6.07) is 2.49. The van der Waals surface area contributed by atoms with Crippen molar-refractivity contribution in [1.29, 1.82) is 5.26 Å². The Hall–Kier alpha value is -0.550. The largest absolute Gasteiger partial charge is 0.369 e. The first-order valence-corrected chi connectivity index (χ1v) is 4.81. The Balaban J connectivity index is 1.98. The maximum Gasteiger partial charge on any atom is 0.0888 e. The van der Waals surface area contributed by atoms with Crippen molar-refractivity contribution in [3.8, 4) is 6.07 Å². The maximum atomic E-state index is 9.10. The highest BCUT2D eigenvalue weighted by atomic mass is 16.6. The number of fused-ring (bicyclic) bond motifs is 2. The molecule has 12 heavy (non-hydrogen) atoms. The van der Waals surface area contributed by atoms with E-state index in [-0.39, 0.29) is 5.41 Å². The van der Waals surface area contributed by atoms with E-state index < -0.39 is 0 Å². The van der Waals surface area contributed by atoms with E-state index >= 15 is 0 Å². The van der Waals surface area contributed by atoms with E-state index in [9.17, 15) is 0 Å². The van der Waals surface area contributed by atoms with Crippen molar-refractivity contribution in [2.45, 2.75) is 38.4 Å². The first-order chi connectivity index (χ1) is 5.74. The maximum absolute atomic E-state index is 9.10. The molecule has 2 heteroatoms. The molecule has 4 aliphatic rings. The molecule has 2 nitrogen and oxygen atoms in total. The third-order valence-electron chi connectivity index (χ3n) is 4.03. The fourth-order valence-electron chi connectivity index (χ4n) is 3.29. The topological polar surface area (TPSA) is 36.3 Å². The summed E-state index contributed by atoms with van der Waals surface area (Å²) in [5.41, 5.74) is -0.0689. The van der Waals surface area contributed by atoms with Crippen molar-refractivity contribution in [3.63, 3.8) is 0 Å². The summed E-state index contributed by atoms with van der Waals surface area (Å²) >= 11 is 0. The second-order valence-corrected chi connectivity index (χ2v) is 4.74. The Bertz CT molecular complexity index is 270. The Morgan fingerprint density at radius 3 is 2.92 bits per heavy atom. The predicted octanol–water partition coefficient (Wildman–Crippen LogP) is 1.71. The number of nitrogens with zero attached hydrogens (tertiary/aromatic N) is 1. The smallest absolute Gasteiger partial charge is 0.0888 e. The van der Waals surface area contributed by atoms with Gasteiger partial charge in [0.15, 0.2) is 0 Å². The van der Waals surface area contributed by atoms with Crippen molar-refractivity contribution in [3.05, 3.63) is 0 Å². The van der Waals surface area contributed by atoms with Crippen LogP contribution in [0.5, 0.6) is 0 Å². The minimum atomic E-state index is -0.0689. The first kappa shape index (κ1) is 6.91. The van der Waals surface area contributed by atoms with Gasteiger partial charge in [0.2, 0.25) is 0 Å². The molecule has 1 saturated heterocycles. The Morgan fingerprint density at radius 1 is 1.42 bits per heavy atom. The van der Waals surface area contributed by atoms with Gasteiger partial charge in [-0.2, -0.15) is 5.26 Å². The minimum absolute atomic E-state index is 0.0689. The van der Waals surface area contributed by atoms with E-state index in [1.807, 2.05) is 0 Å². The van der Waals surface area contributed by atoms with Crippen molar-refractivity contribution >= 4 is 0 Å². The predicted molar refractivity (Wildman–Crippen MR) is 43.2 cm³/mol. The molecular formula is C10H13NO. The molecule has 0 spiro atoms. The third kappa shape index (κ3) is 0.641. The normalized spacial score (nSPS) is 60.7. The van der Waals surface area contributed by atoms with Crippen molar-refractivity contribution < 1.29 is 4.74 Å². The Kier molecular flexibility index (Phi) is 1.07. The zero-order valence-corrected chi connectivity index (χ0v) is 7.29. The van der Waals surface area contributed by atoms with E-state index in [4.69, 9.17) is 10.00 Å². The van der Waals surface area contributed by atoms with Gasteiger partial charge in [-0.3, -0.25) is 0 Å². The van der Waals surface area contributed by atoms with Crippen molar-refractivity contribution in [2.75, 3.05) is 0 Å². The molecule has 1 heterocycles. The second kappa shape index (κ2) is 1.85. The molecule has 0 N–H and O–H groups in total. The lowest BCUT2D eigenvalue weighted by Crippen LogP contribution is -2.44. The summed E-state index contributed by atoms with van der Waals surface area (Å²) in [5, 5.41) is 9.10. The van der Waals surface area contributed by atoms with Crippen LogP contribution in [-0.4, -0.2) is 12.2 Å². The molecule has 64 valence electrons. The number of ether oxygens (including phenoxy) is 1. The minimum Gasteiger partial charge on any atom is -0.369 e. The molecule has 4 fully saturated rings. The third-order valence-corrected chi connectivity index (χ3v) is 4.03. The van der Waals surface area contributed by atoms with Gasteiger partial charge in [-0.15, -0.1) is 0 Å². The van der Waals surface area contributed by atoms with Gasteiger partial charge >= 0.3 is 0 Å². The molecule has 5 atom stereocenters. The lowest BCUT2D eigenvalue weighted by molar-refractivity contribution is 0.0897. The Labute approximate surface area is 72.5 Å². The van der Waals surface area contributed by atoms with Crippen molar-refractivity contribution in [2.24, 2.45) is 17.3 Å². The van der Waals surface area contributed by atoms with Crippen LogP contribution in [0.1, 0.15) is 26.2 Å².